The van der Waals surface area contributed by atoms with Crippen molar-refractivity contribution in [2.45, 2.75) is 64.3 Å². The number of hydrogen-bond acceptors (Lipinski definition) is 3. The first kappa shape index (κ1) is 29.2. The van der Waals surface area contributed by atoms with Crippen molar-refractivity contribution in [2.24, 2.45) is 0 Å². The van der Waals surface area contributed by atoms with E-state index in [0.29, 0.717) is 15.5 Å². The Morgan fingerprint density at radius 2 is 1.71 bits per heavy atom. The molecule has 0 aliphatic rings. The molecular weight excluding hydrogens is 454 g/mol. The number of allylic oxidation sites excluding steroid dienone is 3. The molecule has 0 spiro atoms. The minimum atomic E-state index is -4.55. The van der Waals surface area contributed by atoms with Crippen molar-refractivity contribution >= 4 is 35.1 Å². The van der Waals surface area contributed by atoms with E-state index >= 15 is 0 Å². The lowest BCUT2D eigenvalue weighted by molar-refractivity contribution is -0.138. The average molecular weight is 482 g/mol. The van der Waals surface area contributed by atoms with Crippen LogP contribution in [0.1, 0.15) is 46.6 Å². The molecule has 0 bridgehead atoms. The Morgan fingerprint density at radius 3 is 2.06 bits per heavy atom. The second-order valence-corrected chi connectivity index (χ2v) is 8.64. The summed E-state index contributed by atoms with van der Waals surface area (Å²) in [4.78, 5) is 23.6. The van der Waals surface area contributed by atoms with E-state index in [2.05, 4.69) is 6.58 Å². The van der Waals surface area contributed by atoms with Gasteiger partial charge in [0.05, 0.1) is 10.3 Å². The van der Waals surface area contributed by atoms with Gasteiger partial charge in [0.1, 0.15) is 17.3 Å². The summed E-state index contributed by atoms with van der Waals surface area (Å²) in [6.45, 7) is 12.5. The fraction of sp³-hybridized carbons (Fsp3) is 0.455. The van der Waals surface area contributed by atoms with Crippen molar-refractivity contribution in [3.8, 4) is 0 Å². The first-order chi connectivity index (χ1) is 14.0. The van der Waals surface area contributed by atoms with Crippen LogP contribution in [0.5, 0.6) is 0 Å². The Morgan fingerprint density at radius 1 is 1.19 bits per heavy atom. The van der Waals surface area contributed by atoms with Gasteiger partial charge >= 0.3 is 6.18 Å². The summed E-state index contributed by atoms with van der Waals surface area (Å²) in [6, 6.07) is 2.99. The lowest BCUT2D eigenvalue weighted by Gasteiger charge is -2.24. The van der Waals surface area contributed by atoms with Crippen LogP contribution in [0.4, 0.5) is 17.6 Å². The highest BCUT2D eigenvalue weighted by atomic mass is 35.5. The van der Waals surface area contributed by atoms with Crippen LogP contribution in [0.2, 0.25) is 5.02 Å². The maximum atomic E-state index is 13.2. The average Bonchev–Trinajstić information content (AvgIpc) is 2.62. The number of thioether (sulfide) groups is 1. The molecule has 1 amide bonds. The monoisotopic (exact) mass is 481 g/mol. The molecule has 174 valence electrons. The third kappa shape index (κ3) is 9.07. The smallest absolute Gasteiger partial charge is 0.311 e. The summed E-state index contributed by atoms with van der Waals surface area (Å²) in [5, 5.41) is 0.259. The summed E-state index contributed by atoms with van der Waals surface area (Å²) in [7, 11) is 1.09. The van der Waals surface area contributed by atoms with Gasteiger partial charge in [0.15, 0.2) is 0 Å². The fourth-order valence-electron chi connectivity index (χ4n) is 2.34. The number of halogens is 5. The number of alkyl halides is 3. The van der Waals surface area contributed by atoms with Gasteiger partial charge in [0, 0.05) is 18.9 Å². The minimum absolute atomic E-state index is 0.0276. The fourth-order valence-corrected chi connectivity index (χ4v) is 3.68. The molecule has 1 atom stereocenters. The Balaban J connectivity index is 0.000000582. The molecule has 0 radical (unpaired) electrons. The Bertz CT molecular complexity index is 866. The van der Waals surface area contributed by atoms with Gasteiger partial charge in [0.25, 0.3) is 0 Å². The van der Waals surface area contributed by atoms with Crippen LogP contribution in [-0.4, -0.2) is 35.1 Å². The molecule has 0 saturated heterocycles. The first-order valence-electron chi connectivity index (χ1n) is 9.35. The van der Waals surface area contributed by atoms with Crippen LogP contribution in [0.15, 0.2) is 40.5 Å². The quantitative estimate of drug-likeness (QED) is 0.246. The molecule has 3 nitrogen and oxygen atoms in total. The first-order valence-corrected chi connectivity index (χ1v) is 10.6. The maximum Gasteiger partial charge on any atom is 0.431 e. The normalized spacial score (nSPS) is 12.9. The molecule has 0 fully saturated rings. The summed E-state index contributed by atoms with van der Waals surface area (Å²) in [5.74, 6) is -0.862. The maximum absolute atomic E-state index is 13.2. The van der Waals surface area contributed by atoms with E-state index in [0.717, 1.165) is 25.3 Å². The van der Waals surface area contributed by atoms with Crippen LogP contribution in [0.25, 0.3) is 0 Å². The second kappa shape index (κ2) is 12.3. The standard InChI is InChI=1S/C12H14ClFOS.C10H14F3NO/c1-4-11(8(3)15)16-12-5-7(2)10(14)6-9(12)13;1-6(2)7(3)9(10(11,12)13)14(5)8(4)15/h5-6,11H,4H2,1-3H3;1H2,2-5H3/b;9-7-. The van der Waals surface area contributed by atoms with E-state index in [1.54, 1.807) is 19.9 Å². The SMILES string of the molecule is C=C(C)/C(C)=C(\N(C)C(C)=O)C(F)(F)F.CCC(Sc1cc(C)c(F)cc1Cl)C(C)=O. The van der Waals surface area contributed by atoms with Crippen LogP contribution in [-0.2, 0) is 9.59 Å². The topological polar surface area (TPSA) is 37.4 Å². The molecule has 31 heavy (non-hydrogen) atoms. The van der Waals surface area contributed by atoms with E-state index in [-0.39, 0.29) is 28.0 Å². The zero-order chi connectivity index (χ0) is 24.7. The summed E-state index contributed by atoms with van der Waals surface area (Å²) in [5.41, 5.74) is -0.150. The van der Waals surface area contributed by atoms with Crippen LogP contribution >= 0.6 is 23.4 Å². The van der Waals surface area contributed by atoms with E-state index in [4.69, 9.17) is 11.6 Å². The van der Waals surface area contributed by atoms with Crippen LogP contribution < -0.4 is 0 Å². The number of carbonyl (C=O) groups is 2. The van der Waals surface area contributed by atoms with Gasteiger partial charge in [-0.3, -0.25) is 9.59 Å². The highest BCUT2D eigenvalue weighted by Crippen LogP contribution is 2.34. The molecule has 9 heteroatoms. The van der Waals surface area contributed by atoms with Crippen LogP contribution in [0, 0.1) is 12.7 Å². The number of amides is 1. The molecule has 1 aromatic carbocycles. The molecule has 0 N–H and O–H groups in total. The number of carbonyl (C=O) groups excluding carboxylic acids is 2. The van der Waals surface area contributed by atoms with Gasteiger partial charge in [-0.2, -0.15) is 13.2 Å². The molecule has 0 saturated carbocycles. The third-order valence-corrected chi connectivity index (χ3v) is 6.34. The number of aryl methyl sites for hydroxylation is 1. The van der Waals surface area contributed by atoms with E-state index in [1.807, 2.05) is 6.92 Å². The number of benzene rings is 1. The van der Waals surface area contributed by atoms with Crippen molar-refractivity contribution in [3.63, 3.8) is 0 Å². The van der Waals surface area contributed by atoms with Gasteiger partial charge in [0.2, 0.25) is 5.91 Å². The van der Waals surface area contributed by atoms with Gasteiger partial charge in [-0.05, 0) is 57.4 Å². The molecule has 0 aliphatic carbocycles. The summed E-state index contributed by atoms with van der Waals surface area (Å²) < 4.78 is 51.1. The highest BCUT2D eigenvalue weighted by molar-refractivity contribution is 8.00. The molecule has 0 aromatic heterocycles. The number of rotatable bonds is 6. The number of Topliss-reactive ketones (excluding diaryl/α,β-unsaturated/α-hetero) is 1. The number of hydrogen-bond donors (Lipinski definition) is 0. The van der Waals surface area contributed by atoms with E-state index in [1.165, 1.54) is 31.7 Å². The molecular formula is C22H28ClF4NO2S. The van der Waals surface area contributed by atoms with Crippen molar-refractivity contribution in [2.75, 3.05) is 7.05 Å². The minimum Gasteiger partial charge on any atom is -0.311 e. The summed E-state index contributed by atoms with van der Waals surface area (Å²) in [6.07, 6.45) is -3.81. The Hall–Kier alpha value is -1.80. The third-order valence-electron chi connectivity index (χ3n) is 4.38. The highest BCUT2D eigenvalue weighted by Gasteiger charge is 2.39. The van der Waals surface area contributed by atoms with Crippen molar-refractivity contribution in [3.05, 3.63) is 52.0 Å². The summed E-state index contributed by atoms with van der Waals surface area (Å²) >= 11 is 7.33. The molecule has 1 unspecified atom stereocenters. The Kier molecular flexibility index (Phi) is 11.6. The zero-order valence-corrected chi connectivity index (χ0v) is 20.3. The molecule has 1 aromatic rings. The second-order valence-electron chi connectivity index (χ2n) is 6.99. The van der Waals surface area contributed by atoms with Crippen molar-refractivity contribution in [1.29, 1.82) is 0 Å². The Labute approximate surface area is 190 Å². The van der Waals surface area contributed by atoms with Gasteiger partial charge in [-0.1, -0.05) is 30.7 Å². The lowest BCUT2D eigenvalue weighted by Crippen LogP contribution is -2.33. The predicted molar refractivity (Wildman–Crippen MR) is 119 cm³/mol. The predicted octanol–water partition coefficient (Wildman–Crippen LogP) is 7.12. The van der Waals surface area contributed by atoms with E-state index in [9.17, 15) is 27.2 Å². The van der Waals surface area contributed by atoms with Crippen molar-refractivity contribution in [1.82, 2.24) is 4.90 Å². The van der Waals surface area contributed by atoms with Crippen LogP contribution in [0.3, 0.4) is 0 Å². The van der Waals surface area contributed by atoms with Gasteiger partial charge in [-0.25, -0.2) is 4.39 Å². The van der Waals surface area contributed by atoms with Gasteiger partial charge < -0.3 is 4.90 Å². The number of ketones is 1. The van der Waals surface area contributed by atoms with Crippen molar-refractivity contribution < 1.29 is 27.2 Å². The molecule has 1 rings (SSSR count). The zero-order valence-electron chi connectivity index (χ0n) is 18.7. The largest absolute Gasteiger partial charge is 0.431 e. The van der Waals surface area contributed by atoms with Gasteiger partial charge in [-0.15, -0.1) is 11.8 Å². The molecule has 0 heterocycles. The van der Waals surface area contributed by atoms with E-state index < -0.39 is 17.8 Å². The number of nitrogens with zero attached hydrogens (tertiary/aromatic N) is 1. The molecule has 0 aliphatic heterocycles. The lowest BCUT2D eigenvalue weighted by atomic mass is 10.1.